The Morgan fingerprint density at radius 3 is 3.07 bits per heavy atom. The van der Waals surface area contributed by atoms with Crippen molar-refractivity contribution < 1.29 is 0 Å². The lowest BCUT2D eigenvalue weighted by atomic mass is 10.1. The molecule has 0 radical (unpaired) electrons. The van der Waals surface area contributed by atoms with Gasteiger partial charge in [0.05, 0.1) is 0 Å². The monoisotopic (exact) mass is 227 g/mol. The molecule has 0 aliphatic heterocycles. The molecular formula is C11H18ClN3. The van der Waals surface area contributed by atoms with Crippen molar-refractivity contribution in [1.29, 1.82) is 0 Å². The lowest BCUT2D eigenvalue weighted by Crippen LogP contribution is -2.09. The Morgan fingerprint density at radius 1 is 1.60 bits per heavy atom. The molecule has 84 valence electrons. The van der Waals surface area contributed by atoms with Gasteiger partial charge in [0, 0.05) is 18.3 Å². The van der Waals surface area contributed by atoms with Gasteiger partial charge < -0.3 is 0 Å². The molecule has 3 nitrogen and oxygen atoms in total. The minimum Gasteiger partial charge on any atom is -0.250 e. The second kappa shape index (κ2) is 4.97. The third kappa shape index (κ3) is 2.94. The van der Waals surface area contributed by atoms with Crippen LogP contribution in [0.25, 0.3) is 0 Å². The van der Waals surface area contributed by atoms with Crippen LogP contribution in [-0.2, 0) is 13.0 Å². The first kappa shape index (κ1) is 10.9. The molecule has 1 aliphatic rings. The summed E-state index contributed by atoms with van der Waals surface area (Å²) in [4.78, 5) is 4.28. The highest BCUT2D eigenvalue weighted by Gasteiger charge is 2.29. The summed E-state index contributed by atoms with van der Waals surface area (Å²) in [5, 5.41) is 4.55. The molecule has 4 heteroatoms. The van der Waals surface area contributed by atoms with E-state index in [-0.39, 0.29) is 0 Å². The summed E-state index contributed by atoms with van der Waals surface area (Å²) in [6.45, 7) is 3.12. The van der Waals surface area contributed by atoms with Gasteiger partial charge in [-0.2, -0.15) is 5.10 Å². The van der Waals surface area contributed by atoms with Gasteiger partial charge >= 0.3 is 0 Å². The van der Waals surface area contributed by atoms with E-state index in [4.69, 9.17) is 11.6 Å². The van der Waals surface area contributed by atoms with Crippen molar-refractivity contribution in [2.24, 2.45) is 5.92 Å². The third-order valence-electron chi connectivity index (χ3n) is 2.91. The normalized spacial score (nSPS) is 18.0. The summed E-state index contributed by atoms with van der Waals surface area (Å²) >= 11 is 6.27. The second-order valence-electron chi connectivity index (χ2n) is 4.29. The number of hydrogen-bond acceptors (Lipinski definition) is 2. The Balaban J connectivity index is 1.83. The average molecular weight is 228 g/mol. The lowest BCUT2D eigenvalue weighted by Gasteiger charge is -2.08. The fraction of sp³-hybridized carbons (Fsp3) is 0.818. The zero-order valence-electron chi connectivity index (χ0n) is 9.19. The Kier molecular flexibility index (Phi) is 3.62. The topological polar surface area (TPSA) is 30.7 Å². The summed E-state index contributed by atoms with van der Waals surface area (Å²) in [5.74, 6) is 1.86. The molecule has 0 saturated heterocycles. The Hall–Kier alpha value is -0.570. The number of aryl methyl sites for hydroxylation is 2. The molecule has 0 N–H and O–H groups in total. The van der Waals surface area contributed by atoms with E-state index in [9.17, 15) is 0 Å². The molecule has 2 rings (SSSR count). The minimum atomic E-state index is 0.344. The van der Waals surface area contributed by atoms with Crippen molar-refractivity contribution in [3.8, 4) is 0 Å². The number of nitrogens with zero attached hydrogens (tertiary/aromatic N) is 3. The van der Waals surface area contributed by atoms with Crippen molar-refractivity contribution >= 4 is 11.6 Å². The van der Waals surface area contributed by atoms with Crippen molar-refractivity contribution in [3.05, 3.63) is 12.2 Å². The van der Waals surface area contributed by atoms with E-state index in [1.165, 1.54) is 12.8 Å². The molecule has 1 aliphatic carbocycles. The summed E-state index contributed by atoms with van der Waals surface area (Å²) in [7, 11) is 0. The van der Waals surface area contributed by atoms with Crippen molar-refractivity contribution in [1.82, 2.24) is 14.8 Å². The van der Waals surface area contributed by atoms with E-state index in [1.54, 1.807) is 6.33 Å². The van der Waals surface area contributed by atoms with Gasteiger partial charge in [-0.25, -0.2) is 4.98 Å². The quantitative estimate of drug-likeness (QED) is 0.700. The SMILES string of the molecule is CCCn1ncnc1CCC(Cl)C1CC1. The van der Waals surface area contributed by atoms with Crippen LogP contribution in [0.2, 0.25) is 0 Å². The lowest BCUT2D eigenvalue weighted by molar-refractivity contribution is 0.552. The first-order valence-electron chi connectivity index (χ1n) is 5.82. The molecule has 0 bridgehead atoms. The fourth-order valence-electron chi connectivity index (χ4n) is 1.84. The third-order valence-corrected chi connectivity index (χ3v) is 3.48. The summed E-state index contributed by atoms with van der Waals surface area (Å²) in [5.41, 5.74) is 0. The molecular weight excluding hydrogens is 210 g/mol. The van der Waals surface area contributed by atoms with Gasteiger partial charge in [-0.15, -0.1) is 11.6 Å². The van der Waals surface area contributed by atoms with Crippen LogP contribution in [0, 0.1) is 5.92 Å². The van der Waals surface area contributed by atoms with Gasteiger partial charge in [0.1, 0.15) is 12.2 Å². The van der Waals surface area contributed by atoms with Crippen LogP contribution in [0.15, 0.2) is 6.33 Å². The van der Waals surface area contributed by atoms with Crippen LogP contribution >= 0.6 is 11.6 Å². The van der Waals surface area contributed by atoms with Crippen LogP contribution in [0.5, 0.6) is 0 Å². The van der Waals surface area contributed by atoms with Crippen molar-refractivity contribution in [2.45, 2.75) is 50.9 Å². The van der Waals surface area contributed by atoms with Gasteiger partial charge in [0.2, 0.25) is 0 Å². The van der Waals surface area contributed by atoms with Crippen molar-refractivity contribution in [3.63, 3.8) is 0 Å². The molecule has 1 aromatic heterocycles. The number of alkyl halides is 1. The van der Waals surface area contributed by atoms with Crippen molar-refractivity contribution in [2.75, 3.05) is 0 Å². The molecule has 0 amide bonds. The maximum absolute atomic E-state index is 6.27. The smallest absolute Gasteiger partial charge is 0.138 e. The first-order valence-corrected chi connectivity index (χ1v) is 6.25. The van der Waals surface area contributed by atoms with E-state index in [2.05, 4.69) is 17.0 Å². The Labute approximate surface area is 95.8 Å². The summed E-state index contributed by atoms with van der Waals surface area (Å²) in [6, 6.07) is 0. The summed E-state index contributed by atoms with van der Waals surface area (Å²) < 4.78 is 2.00. The van der Waals surface area contributed by atoms with Gasteiger partial charge in [-0.1, -0.05) is 6.92 Å². The number of rotatable bonds is 6. The zero-order chi connectivity index (χ0) is 10.7. The highest BCUT2D eigenvalue weighted by molar-refractivity contribution is 6.20. The predicted octanol–water partition coefficient (Wildman–Crippen LogP) is 2.64. The fourth-order valence-corrected chi connectivity index (χ4v) is 2.20. The van der Waals surface area contributed by atoms with Gasteiger partial charge in [0.25, 0.3) is 0 Å². The zero-order valence-corrected chi connectivity index (χ0v) is 9.95. The van der Waals surface area contributed by atoms with E-state index < -0.39 is 0 Å². The van der Waals surface area contributed by atoms with Crippen LogP contribution in [-0.4, -0.2) is 20.1 Å². The van der Waals surface area contributed by atoms with Gasteiger partial charge in [-0.05, 0) is 31.6 Å². The predicted molar refractivity (Wildman–Crippen MR) is 61.0 cm³/mol. The first-order chi connectivity index (χ1) is 7.31. The minimum absolute atomic E-state index is 0.344. The maximum Gasteiger partial charge on any atom is 0.138 e. The molecule has 15 heavy (non-hydrogen) atoms. The van der Waals surface area contributed by atoms with Crippen LogP contribution in [0.4, 0.5) is 0 Å². The second-order valence-corrected chi connectivity index (χ2v) is 4.85. The average Bonchev–Trinajstić information content (AvgIpc) is 2.99. The number of aromatic nitrogens is 3. The molecule has 1 unspecified atom stereocenters. The van der Waals surface area contributed by atoms with E-state index in [1.807, 2.05) is 4.68 Å². The van der Waals surface area contributed by atoms with Crippen LogP contribution < -0.4 is 0 Å². The van der Waals surface area contributed by atoms with Crippen LogP contribution in [0.1, 0.15) is 38.4 Å². The Bertz CT molecular complexity index is 307. The molecule has 1 saturated carbocycles. The van der Waals surface area contributed by atoms with Gasteiger partial charge in [0.15, 0.2) is 0 Å². The van der Waals surface area contributed by atoms with Crippen LogP contribution in [0.3, 0.4) is 0 Å². The summed E-state index contributed by atoms with van der Waals surface area (Å²) in [6.07, 6.45) is 7.37. The van der Waals surface area contributed by atoms with E-state index in [0.29, 0.717) is 5.38 Å². The molecule has 1 atom stereocenters. The highest BCUT2D eigenvalue weighted by atomic mass is 35.5. The molecule has 1 fully saturated rings. The Morgan fingerprint density at radius 2 is 2.40 bits per heavy atom. The number of hydrogen-bond donors (Lipinski definition) is 0. The molecule has 1 heterocycles. The molecule has 1 aromatic rings. The highest BCUT2D eigenvalue weighted by Crippen LogP contribution is 2.37. The molecule has 0 aromatic carbocycles. The van der Waals surface area contributed by atoms with E-state index >= 15 is 0 Å². The largest absolute Gasteiger partial charge is 0.250 e. The standard InChI is InChI=1S/C11H18ClN3/c1-2-7-15-11(13-8-14-15)6-5-10(12)9-3-4-9/h8-10H,2-7H2,1H3. The van der Waals surface area contributed by atoms with E-state index in [0.717, 1.165) is 37.5 Å². The molecule has 0 spiro atoms. The number of halogens is 1. The van der Waals surface area contributed by atoms with Gasteiger partial charge in [-0.3, -0.25) is 4.68 Å². The maximum atomic E-state index is 6.27.